The fourth-order valence-corrected chi connectivity index (χ4v) is 2.62. The van der Waals surface area contributed by atoms with Gasteiger partial charge < -0.3 is 5.32 Å². The van der Waals surface area contributed by atoms with Crippen molar-refractivity contribution in [2.75, 3.05) is 11.9 Å². The van der Waals surface area contributed by atoms with Gasteiger partial charge in [-0.2, -0.15) is 0 Å². The van der Waals surface area contributed by atoms with Crippen LogP contribution in [0.2, 0.25) is 0 Å². The van der Waals surface area contributed by atoms with Gasteiger partial charge in [-0.3, -0.25) is 9.36 Å². The summed E-state index contributed by atoms with van der Waals surface area (Å²) in [5, 5.41) is 3.11. The van der Waals surface area contributed by atoms with E-state index in [-0.39, 0.29) is 23.1 Å². The standard InChI is InChI=1S/C20H20FN3O/c1-14-8-9-17(12-18(14)21)24-11-10-22-19(20(24)25)23-13-15(2)16-6-4-3-5-7-16/h3-12,15H,13H2,1-2H3,(H,22,23)/t15-/m0/s1. The van der Waals surface area contributed by atoms with E-state index in [0.29, 0.717) is 17.8 Å². The number of hydrogen-bond donors (Lipinski definition) is 1. The van der Waals surface area contributed by atoms with Gasteiger partial charge in [-0.15, -0.1) is 0 Å². The van der Waals surface area contributed by atoms with Crippen LogP contribution in [-0.2, 0) is 0 Å². The number of anilines is 1. The number of hydrogen-bond acceptors (Lipinski definition) is 3. The van der Waals surface area contributed by atoms with Crippen LogP contribution in [0.4, 0.5) is 10.2 Å². The number of aromatic nitrogens is 2. The van der Waals surface area contributed by atoms with Crippen LogP contribution < -0.4 is 10.9 Å². The minimum absolute atomic E-state index is 0.230. The van der Waals surface area contributed by atoms with Crippen molar-refractivity contribution in [1.82, 2.24) is 9.55 Å². The minimum Gasteiger partial charge on any atom is -0.365 e. The predicted octanol–water partition coefficient (Wildman–Crippen LogP) is 3.90. The highest BCUT2D eigenvalue weighted by molar-refractivity contribution is 5.40. The molecule has 1 N–H and O–H groups in total. The fourth-order valence-electron chi connectivity index (χ4n) is 2.62. The highest BCUT2D eigenvalue weighted by Crippen LogP contribution is 2.15. The van der Waals surface area contributed by atoms with Gasteiger partial charge in [0.1, 0.15) is 5.82 Å². The average molecular weight is 337 g/mol. The molecule has 0 saturated heterocycles. The fraction of sp³-hybridized carbons (Fsp3) is 0.200. The van der Waals surface area contributed by atoms with Crippen molar-refractivity contribution in [2.24, 2.45) is 0 Å². The molecule has 25 heavy (non-hydrogen) atoms. The van der Waals surface area contributed by atoms with E-state index in [1.807, 2.05) is 18.2 Å². The third-order valence-electron chi connectivity index (χ3n) is 4.22. The molecule has 1 atom stereocenters. The Morgan fingerprint density at radius 3 is 2.68 bits per heavy atom. The first-order valence-corrected chi connectivity index (χ1v) is 8.19. The molecule has 3 rings (SSSR count). The summed E-state index contributed by atoms with van der Waals surface area (Å²) in [6.07, 6.45) is 3.08. The Bertz CT molecular complexity index is 922. The third-order valence-corrected chi connectivity index (χ3v) is 4.22. The molecule has 0 spiro atoms. The quantitative estimate of drug-likeness (QED) is 0.768. The van der Waals surface area contributed by atoms with Crippen LogP contribution >= 0.6 is 0 Å². The van der Waals surface area contributed by atoms with Crippen molar-refractivity contribution in [3.63, 3.8) is 0 Å². The van der Waals surface area contributed by atoms with Gasteiger partial charge in [-0.05, 0) is 36.1 Å². The van der Waals surface area contributed by atoms with E-state index in [0.717, 1.165) is 0 Å². The van der Waals surface area contributed by atoms with Gasteiger partial charge in [-0.25, -0.2) is 9.37 Å². The molecule has 0 aliphatic rings. The Balaban J connectivity index is 1.82. The van der Waals surface area contributed by atoms with E-state index in [1.165, 1.54) is 28.6 Å². The monoisotopic (exact) mass is 337 g/mol. The van der Waals surface area contributed by atoms with Crippen molar-refractivity contribution in [2.45, 2.75) is 19.8 Å². The maximum Gasteiger partial charge on any atom is 0.297 e. The maximum atomic E-state index is 13.8. The second-order valence-corrected chi connectivity index (χ2v) is 6.08. The minimum atomic E-state index is -0.339. The SMILES string of the molecule is Cc1ccc(-n2ccnc(NC[C@H](C)c3ccccc3)c2=O)cc1F. The smallest absolute Gasteiger partial charge is 0.297 e. The van der Waals surface area contributed by atoms with Gasteiger partial charge in [0.2, 0.25) is 0 Å². The van der Waals surface area contributed by atoms with Crippen molar-refractivity contribution in [3.05, 3.63) is 88.2 Å². The second-order valence-electron chi connectivity index (χ2n) is 6.08. The van der Waals surface area contributed by atoms with Gasteiger partial charge in [0.25, 0.3) is 5.56 Å². The van der Waals surface area contributed by atoms with Crippen LogP contribution in [0.5, 0.6) is 0 Å². The summed E-state index contributed by atoms with van der Waals surface area (Å²) in [6.45, 7) is 4.35. The first-order chi connectivity index (χ1) is 12.1. The van der Waals surface area contributed by atoms with Gasteiger partial charge in [-0.1, -0.05) is 43.3 Å². The lowest BCUT2D eigenvalue weighted by atomic mass is 10.0. The first-order valence-electron chi connectivity index (χ1n) is 8.19. The van der Waals surface area contributed by atoms with E-state index in [1.54, 1.807) is 19.1 Å². The number of rotatable bonds is 5. The summed E-state index contributed by atoms with van der Waals surface area (Å²) in [6, 6.07) is 14.8. The summed E-state index contributed by atoms with van der Waals surface area (Å²) >= 11 is 0. The molecular weight excluding hydrogens is 317 g/mol. The second kappa shape index (κ2) is 7.30. The van der Waals surface area contributed by atoms with E-state index >= 15 is 0 Å². The Kier molecular flexibility index (Phi) is 4.93. The summed E-state index contributed by atoms with van der Waals surface area (Å²) in [7, 11) is 0. The summed E-state index contributed by atoms with van der Waals surface area (Å²) in [4.78, 5) is 16.8. The molecule has 0 radical (unpaired) electrons. The third kappa shape index (κ3) is 3.76. The molecule has 0 saturated carbocycles. The number of halogens is 1. The van der Waals surface area contributed by atoms with E-state index in [9.17, 15) is 9.18 Å². The molecule has 5 heteroatoms. The Morgan fingerprint density at radius 1 is 1.20 bits per heavy atom. The van der Waals surface area contributed by atoms with Crippen molar-refractivity contribution in [3.8, 4) is 5.69 Å². The average Bonchev–Trinajstić information content (AvgIpc) is 2.64. The Hall–Kier alpha value is -2.95. The molecule has 0 aliphatic carbocycles. The molecule has 1 aromatic heterocycles. The zero-order valence-electron chi connectivity index (χ0n) is 14.2. The largest absolute Gasteiger partial charge is 0.365 e. The van der Waals surface area contributed by atoms with Crippen molar-refractivity contribution in [1.29, 1.82) is 0 Å². The molecule has 0 aliphatic heterocycles. The van der Waals surface area contributed by atoms with Gasteiger partial charge >= 0.3 is 0 Å². The van der Waals surface area contributed by atoms with Crippen LogP contribution in [0.15, 0.2) is 65.7 Å². The van der Waals surface area contributed by atoms with Crippen LogP contribution in [0.25, 0.3) is 5.69 Å². The van der Waals surface area contributed by atoms with Crippen LogP contribution in [0.3, 0.4) is 0 Å². The van der Waals surface area contributed by atoms with Gasteiger partial charge in [0.15, 0.2) is 5.82 Å². The molecule has 1 heterocycles. The van der Waals surface area contributed by atoms with E-state index < -0.39 is 0 Å². The lowest BCUT2D eigenvalue weighted by Crippen LogP contribution is -2.24. The van der Waals surface area contributed by atoms with Gasteiger partial charge in [0.05, 0.1) is 5.69 Å². The van der Waals surface area contributed by atoms with Crippen molar-refractivity contribution < 1.29 is 4.39 Å². The molecular formula is C20H20FN3O. The molecule has 128 valence electrons. The molecule has 0 fully saturated rings. The van der Waals surface area contributed by atoms with E-state index in [4.69, 9.17) is 0 Å². The molecule has 0 amide bonds. The normalized spacial score (nSPS) is 12.0. The summed E-state index contributed by atoms with van der Waals surface area (Å²) in [5.41, 5.74) is 1.91. The Labute approximate surface area is 146 Å². The lowest BCUT2D eigenvalue weighted by Gasteiger charge is -2.14. The highest BCUT2D eigenvalue weighted by Gasteiger charge is 2.10. The molecule has 0 unspecified atom stereocenters. The summed E-state index contributed by atoms with van der Waals surface area (Å²) in [5.74, 6) is 0.146. The predicted molar refractivity (Wildman–Crippen MR) is 97.9 cm³/mol. The Morgan fingerprint density at radius 2 is 1.96 bits per heavy atom. The number of aryl methyl sites for hydroxylation is 1. The maximum absolute atomic E-state index is 13.8. The molecule has 0 bridgehead atoms. The van der Waals surface area contributed by atoms with Crippen LogP contribution in [-0.4, -0.2) is 16.1 Å². The number of nitrogens with zero attached hydrogens (tertiary/aromatic N) is 2. The number of benzene rings is 2. The molecule has 3 aromatic rings. The topological polar surface area (TPSA) is 46.9 Å². The lowest BCUT2D eigenvalue weighted by molar-refractivity contribution is 0.617. The zero-order chi connectivity index (χ0) is 17.8. The highest BCUT2D eigenvalue weighted by atomic mass is 19.1. The summed E-state index contributed by atoms with van der Waals surface area (Å²) < 4.78 is 15.2. The van der Waals surface area contributed by atoms with Gasteiger partial charge in [0, 0.05) is 18.9 Å². The zero-order valence-corrected chi connectivity index (χ0v) is 14.2. The van der Waals surface area contributed by atoms with Crippen LogP contribution in [0.1, 0.15) is 24.0 Å². The van der Waals surface area contributed by atoms with Crippen molar-refractivity contribution >= 4 is 5.82 Å². The van der Waals surface area contributed by atoms with Crippen LogP contribution in [0, 0.1) is 12.7 Å². The number of nitrogens with one attached hydrogen (secondary N) is 1. The first kappa shape index (κ1) is 16.9. The molecule has 2 aromatic carbocycles. The molecule has 4 nitrogen and oxygen atoms in total. The van der Waals surface area contributed by atoms with E-state index in [2.05, 4.69) is 29.4 Å².